The molecule has 0 aliphatic heterocycles. The van der Waals surface area contributed by atoms with Gasteiger partial charge in [0.15, 0.2) is 0 Å². The van der Waals surface area contributed by atoms with Crippen LogP contribution in [-0.2, 0) is 16.0 Å². The standard InChI is InChI=1S/C16H20BrNO4/c1-22-13-6-4-11(10-12(13)17)5-7-14(19)18-16(15(20)21)8-2-3-9-16/h4,6,10H,2-3,5,7-9H2,1H3,(H,18,19)(H,20,21). The van der Waals surface area contributed by atoms with E-state index in [4.69, 9.17) is 4.74 Å². The summed E-state index contributed by atoms with van der Waals surface area (Å²) in [6, 6.07) is 5.65. The number of benzene rings is 1. The summed E-state index contributed by atoms with van der Waals surface area (Å²) < 4.78 is 6.00. The number of carboxylic acids is 1. The molecular formula is C16H20BrNO4. The molecule has 5 nitrogen and oxygen atoms in total. The number of hydrogen-bond donors (Lipinski definition) is 2. The van der Waals surface area contributed by atoms with Gasteiger partial charge in [0.25, 0.3) is 0 Å². The number of carbonyl (C=O) groups is 2. The van der Waals surface area contributed by atoms with Crippen LogP contribution in [0.3, 0.4) is 0 Å². The van der Waals surface area contributed by atoms with Crippen molar-refractivity contribution in [1.29, 1.82) is 0 Å². The lowest BCUT2D eigenvalue weighted by atomic mass is 9.97. The van der Waals surface area contributed by atoms with Crippen LogP contribution in [0.25, 0.3) is 0 Å². The van der Waals surface area contributed by atoms with E-state index in [1.165, 1.54) is 0 Å². The van der Waals surface area contributed by atoms with Crippen molar-refractivity contribution in [1.82, 2.24) is 5.32 Å². The third-order valence-corrected chi connectivity index (χ3v) is 4.72. The predicted molar refractivity (Wildman–Crippen MR) is 86.0 cm³/mol. The molecule has 0 bridgehead atoms. The Morgan fingerprint density at radius 1 is 1.36 bits per heavy atom. The summed E-state index contributed by atoms with van der Waals surface area (Å²) in [5.41, 5.74) is -0.0592. The highest BCUT2D eigenvalue weighted by Crippen LogP contribution is 2.30. The minimum Gasteiger partial charge on any atom is -0.496 e. The van der Waals surface area contributed by atoms with E-state index in [9.17, 15) is 14.7 Å². The van der Waals surface area contributed by atoms with Crippen LogP contribution in [0, 0.1) is 0 Å². The topological polar surface area (TPSA) is 75.6 Å². The van der Waals surface area contributed by atoms with Crippen LogP contribution < -0.4 is 10.1 Å². The van der Waals surface area contributed by atoms with E-state index in [0.717, 1.165) is 28.6 Å². The van der Waals surface area contributed by atoms with Gasteiger partial charge in [0.05, 0.1) is 11.6 Å². The molecule has 22 heavy (non-hydrogen) atoms. The molecule has 1 aromatic rings. The number of methoxy groups -OCH3 is 1. The van der Waals surface area contributed by atoms with Gasteiger partial charge in [-0.25, -0.2) is 4.79 Å². The Labute approximate surface area is 138 Å². The SMILES string of the molecule is COc1ccc(CCC(=O)NC2(C(=O)O)CCCC2)cc1Br. The summed E-state index contributed by atoms with van der Waals surface area (Å²) in [5, 5.41) is 12.1. The Bertz CT molecular complexity index is 567. The Balaban J connectivity index is 1.92. The summed E-state index contributed by atoms with van der Waals surface area (Å²) in [5.74, 6) is -0.397. The average Bonchev–Trinajstić information content (AvgIpc) is 2.95. The van der Waals surface area contributed by atoms with Crippen LogP contribution in [0.5, 0.6) is 5.75 Å². The summed E-state index contributed by atoms with van der Waals surface area (Å²) in [4.78, 5) is 23.5. The van der Waals surface area contributed by atoms with Gasteiger partial charge in [0, 0.05) is 6.42 Å². The smallest absolute Gasteiger partial charge is 0.329 e. The summed E-state index contributed by atoms with van der Waals surface area (Å²) in [7, 11) is 1.60. The molecule has 0 aromatic heterocycles. The van der Waals surface area contributed by atoms with Gasteiger partial charge in [-0.15, -0.1) is 0 Å². The lowest BCUT2D eigenvalue weighted by molar-refractivity contribution is -0.147. The monoisotopic (exact) mass is 369 g/mol. The third-order valence-electron chi connectivity index (χ3n) is 4.10. The minimum absolute atomic E-state index is 0.212. The molecule has 0 heterocycles. The molecule has 2 rings (SSSR count). The lowest BCUT2D eigenvalue weighted by Gasteiger charge is -2.25. The van der Waals surface area contributed by atoms with Gasteiger partial charge in [0.2, 0.25) is 5.91 Å². The predicted octanol–water partition coefficient (Wildman–Crippen LogP) is 2.90. The first-order valence-corrected chi connectivity index (χ1v) is 8.13. The van der Waals surface area contributed by atoms with E-state index in [-0.39, 0.29) is 12.3 Å². The van der Waals surface area contributed by atoms with Crippen molar-refractivity contribution in [2.45, 2.75) is 44.1 Å². The first-order valence-electron chi connectivity index (χ1n) is 7.34. The maximum Gasteiger partial charge on any atom is 0.329 e. The van der Waals surface area contributed by atoms with Gasteiger partial charge < -0.3 is 15.2 Å². The molecule has 1 aromatic carbocycles. The minimum atomic E-state index is -1.06. The van der Waals surface area contributed by atoms with Crippen LogP contribution in [0.1, 0.15) is 37.7 Å². The number of nitrogens with one attached hydrogen (secondary N) is 1. The molecule has 0 spiro atoms. The fraction of sp³-hybridized carbons (Fsp3) is 0.500. The fourth-order valence-corrected chi connectivity index (χ4v) is 3.41. The summed E-state index contributed by atoms with van der Waals surface area (Å²) >= 11 is 3.41. The van der Waals surface area contributed by atoms with E-state index >= 15 is 0 Å². The van der Waals surface area contributed by atoms with Crippen molar-refractivity contribution in [2.24, 2.45) is 0 Å². The Hall–Kier alpha value is -1.56. The highest BCUT2D eigenvalue weighted by molar-refractivity contribution is 9.10. The maximum atomic E-state index is 12.1. The summed E-state index contributed by atoms with van der Waals surface area (Å²) in [6.45, 7) is 0. The average molecular weight is 370 g/mol. The zero-order chi connectivity index (χ0) is 16.2. The highest BCUT2D eigenvalue weighted by atomic mass is 79.9. The van der Waals surface area contributed by atoms with Crippen LogP contribution in [-0.4, -0.2) is 29.6 Å². The van der Waals surface area contributed by atoms with Crippen LogP contribution in [0.4, 0.5) is 0 Å². The van der Waals surface area contributed by atoms with Crippen LogP contribution in [0.15, 0.2) is 22.7 Å². The molecule has 1 amide bonds. The number of ether oxygens (including phenoxy) is 1. The second-order valence-electron chi connectivity index (χ2n) is 5.61. The van der Waals surface area contributed by atoms with Crippen LogP contribution >= 0.6 is 15.9 Å². The summed E-state index contributed by atoms with van der Waals surface area (Å²) in [6.07, 6.45) is 3.55. The molecular weight excluding hydrogens is 350 g/mol. The number of aryl methyl sites for hydroxylation is 1. The number of carbonyl (C=O) groups excluding carboxylic acids is 1. The first kappa shape index (κ1) is 16.8. The zero-order valence-corrected chi connectivity index (χ0v) is 14.1. The van der Waals surface area contributed by atoms with Crippen LogP contribution in [0.2, 0.25) is 0 Å². The lowest BCUT2D eigenvalue weighted by Crippen LogP contribution is -2.52. The molecule has 2 N–H and O–H groups in total. The van der Waals surface area contributed by atoms with Gasteiger partial charge in [-0.2, -0.15) is 0 Å². The van der Waals surface area contributed by atoms with E-state index in [0.29, 0.717) is 19.3 Å². The molecule has 1 saturated carbocycles. The molecule has 0 unspecified atom stereocenters. The quantitative estimate of drug-likeness (QED) is 0.808. The maximum absolute atomic E-state index is 12.1. The number of hydrogen-bond acceptors (Lipinski definition) is 3. The molecule has 1 fully saturated rings. The van der Waals surface area contributed by atoms with Crippen molar-refractivity contribution in [3.63, 3.8) is 0 Å². The fourth-order valence-electron chi connectivity index (χ4n) is 2.82. The van der Waals surface area contributed by atoms with Crippen molar-refractivity contribution in [3.8, 4) is 5.75 Å². The molecule has 120 valence electrons. The number of halogens is 1. The molecule has 0 saturated heterocycles. The third kappa shape index (κ3) is 3.80. The molecule has 1 aliphatic carbocycles. The van der Waals surface area contributed by atoms with E-state index in [1.54, 1.807) is 7.11 Å². The van der Waals surface area contributed by atoms with Gasteiger partial charge in [0.1, 0.15) is 11.3 Å². The molecule has 0 radical (unpaired) electrons. The highest BCUT2D eigenvalue weighted by Gasteiger charge is 2.42. The van der Waals surface area contributed by atoms with Crippen molar-refractivity contribution < 1.29 is 19.4 Å². The van der Waals surface area contributed by atoms with Gasteiger partial charge in [-0.05, 0) is 52.9 Å². The first-order chi connectivity index (χ1) is 10.5. The second-order valence-corrected chi connectivity index (χ2v) is 6.47. The normalized spacial score (nSPS) is 16.3. The van der Waals surface area contributed by atoms with Gasteiger partial charge >= 0.3 is 5.97 Å². The Kier molecular flexibility index (Phi) is 5.45. The number of rotatable bonds is 6. The largest absolute Gasteiger partial charge is 0.496 e. The Morgan fingerprint density at radius 3 is 2.59 bits per heavy atom. The molecule has 6 heteroatoms. The van der Waals surface area contributed by atoms with E-state index in [1.807, 2.05) is 18.2 Å². The van der Waals surface area contributed by atoms with E-state index in [2.05, 4.69) is 21.2 Å². The second kappa shape index (κ2) is 7.13. The van der Waals surface area contributed by atoms with Gasteiger partial charge in [-0.3, -0.25) is 4.79 Å². The number of aliphatic carboxylic acids is 1. The number of amides is 1. The van der Waals surface area contributed by atoms with E-state index < -0.39 is 11.5 Å². The van der Waals surface area contributed by atoms with Crippen molar-refractivity contribution in [2.75, 3.05) is 7.11 Å². The Morgan fingerprint density at radius 2 is 2.05 bits per heavy atom. The van der Waals surface area contributed by atoms with Gasteiger partial charge in [-0.1, -0.05) is 18.9 Å². The molecule has 1 aliphatic rings. The van der Waals surface area contributed by atoms with Crippen molar-refractivity contribution in [3.05, 3.63) is 28.2 Å². The van der Waals surface area contributed by atoms with Crippen molar-refractivity contribution >= 4 is 27.8 Å². The molecule has 0 atom stereocenters. The number of carboxylic acid groups (broad SMARTS) is 1. The zero-order valence-electron chi connectivity index (χ0n) is 12.5.